The third-order valence-corrected chi connectivity index (χ3v) is 2.01. The normalized spacial score (nSPS) is 10.4. The molecule has 0 atom stereocenters. The van der Waals surface area contributed by atoms with E-state index in [1.165, 1.54) is 0 Å². The highest BCUT2D eigenvalue weighted by atomic mass is 15.1. The molecule has 0 saturated heterocycles. The second kappa shape index (κ2) is 4.02. The number of hydrogen-bond donors (Lipinski definition) is 2. The quantitative estimate of drug-likeness (QED) is 0.760. The van der Waals surface area contributed by atoms with Gasteiger partial charge in [0.05, 0.1) is 17.6 Å². The lowest BCUT2D eigenvalue weighted by atomic mass is 10.2. The van der Waals surface area contributed by atoms with Gasteiger partial charge in [-0.15, -0.1) is 0 Å². The molecule has 4 nitrogen and oxygen atoms in total. The van der Waals surface area contributed by atoms with E-state index in [4.69, 9.17) is 0 Å². The van der Waals surface area contributed by atoms with Crippen molar-refractivity contribution in [1.29, 1.82) is 0 Å². The minimum Gasteiger partial charge on any atom is -0.316 e. The van der Waals surface area contributed by atoms with Crippen LogP contribution in [0.4, 0.5) is 0 Å². The van der Waals surface area contributed by atoms with E-state index >= 15 is 0 Å². The van der Waals surface area contributed by atoms with E-state index < -0.39 is 0 Å². The van der Waals surface area contributed by atoms with Gasteiger partial charge in [0.15, 0.2) is 0 Å². The molecule has 0 aromatic carbocycles. The zero-order valence-electron chi connectivity index (χ0n) is 7.99. The molecule has 2 N–H and O–H groups in total. The first-order chi connectivity index (χ1) is 6.92. The Hall–Kier alpha value is -1.68. The van der Waals surface area contributed by atoms with Gasteiger partial charge in [0.25, 0.3) is 0 Å². The number of aromatic amines is 1. The fourth-order valence-corrected chi connectivity index (χ4v) is 1.37. The summed E-state index contributed by atoms with van der Waals surface area (Å²) in [5.74, 6) is 0. The van der Waals surface area contributed by atoms with Crippen LogP contribution in [-0.4, -0.2) is 22.2 Å². The first-order valence-electron chi connectivity index (χ1n) is 4.50. The second-order valence-electron chi connectivity index (χ2n) is 3.02. The van der Waals surface area contributed by atoms with Crippen LogP contribution in [-0.2, 0) is 6.54 Å². The smallest absolute Gasteiger partial charge is 0.0883 e. The van der Waals surface area contributed by atoms with Gasteiger partial charge in [-0.2, -0.15) is 5.10 Å². The number of H-pyrrole nitrogens is 1. The van der Waals surface area contributed by atoms with Crippen molar-refractivity contribution in [2.45, 2.75) is 6.54 Å². The average Bonchev–Trinajstić information content (AvgIpc) is 2.68. The third kappa shape index (κ3) is 1.65. The van der Waals surface area contributed by atoms with Crippen molar-refractivity contribution in [2.24, 2.45) is 0 Å². The van der Waals surface area contributed by atoms with Gasteiger partial charge in [0.1, 0.15) is 0 Å². The molecule has 0 saturated carbocycles. The highest BCUT2D eigenvalue weighted by Gasteiger charge is 2.06. The summed E-state index contributed by atoms with van der Waals surface area (Å²) in [6.45, 7) is 0.794. The number of pyridine rings is 1. The second-order valence-corrected chi connectivity index (χ2v) is 3.02. The number of nitrogens with one attached hydrogen (secondary N) is 2. The topological polar surface area (TPSA) is 53.6 Å². The molecule has 0 radical (unpaired) electrons. The molecule has 2 aromatic rings. The van der Waals surface area contributed by atoms with Crippen LogP contribution < -0.4 is 5.32 Å². The van der Waals surface area contributed by atoms with Crippen LogP contribution >= 0.6 is 0 Å². The summed E-state index contributed by atoms with van der Waals surface area (Å²) in [4.78, 5) is 4.27. The van der Waals surface area contributed by atoms with E-state index in [2.05, 4.69) is 20.5 Å². The summed E-state index contributed by atoms with van der Waals surface area (Å²) in [6, 6.07) is 5.83. The van der Waals surface area contributed by atoms with Gasteiger partial charge in [-0.1, -0.05) is 6.07 Å². The Bertz CT molecular complexity index is 394. The molecule has 0 unspecified atom stereocenters. The van der Waals surface area contributed by atoms with Gasteiger partial charge in [-0.25, -0.2) is 0 Å². The van der Waals surface area contributed by atoms with E-state index in [9.17, 15) is 0 Å². The molecule has 2 rings (SSSR count). The standard InChI is InChI=1S/C10H12N4/c1-11-6-8-7-13-14-10(8)9-4-2-3-5-12-9/h2-5,7,11H,6H2,1H3,(H,13,14). The van der Waals surface area contributed by atoms with Crippen molar-refractivity contribution in [3.63, 3.8) is 0 Å². The molecular weight excluding hydrogens is 176 g/mol. The van der Waals surface area contributed by atoms with Gasteiger partial charge >= 0.3 is 0 Å². The van der Waals surface area contributed by atoms with Crippen LogP contribution in [0.5, 0.6) is 0 Å². The first kappa shape index (κ1) is 8.90. The van der Waals surface area contributed by atoms with E-state index in [1.54, 1.807) is 6.20 Å². The maximum Gasteiger partial charge on any atom is 0.0883 e. The Morgan fingerprint density at radius 3 is 3.07 bits per heavy atom. The number of hydrogen-bond acceptors (Lipinski definition) is 3. The predicted octanol–water partition coefficient (Wildman–Crippen LogP) is 1.19. The SMILES string of the molecule is CNCc1cn[nH]c1-c1ccccn1. The van der Waals surface area contributed by atoms with Crippen molar-refractivity contribution < 1.29 is 0 Å². The van der Waals surface area contributed by atoms with Gasteiger partial charge < -0.3 is 5.32 Å². The lowest BCUT2D eigenvalue weighted by molar-refractivity contribution is 0.819. The van der Waals surface area contributed by atoms with Crippen LogP contribution in [0.3, 0.4) is 0 Å². The largest absolute Gasteiger partial charge is 0.316 e. The van der Waals surface area contributed by atoms with Gasteiger partial charge in [0, 0.05) is 18.3 Å². The molecule has 0 aliphatic carbocycles. The van der Waals surface area contributed by atoms with Crippen LogP contribution in [0.25, 0.3) is 11.4 Å². The summed E-state index contributed by atoms with van der Waals surface area (Å²) in [7, 11) is 1.91. The van der Waals surface area contributed by atoms with Crippen molar-refractivity contribution in [2.75, 3.05) is 7.05 Å². The summed E-state index contributed by atoms with van der Waals surface area (Å²) >= 11 is 0. The molecule has 0 amide bonds. The van der Waals surface area contributed by atoms with Gasteiger partial charge in [-0.05, 0) is 19.2 Å². The maximum atomic E-state index is 4.27. The van der Waals surface area contributed by atoms with Crippen LogP contribution in [0.2, 0.25) is 0 Å². The van der Waals surface area contributed by atoms with Crippen LogP contribution in [0.1, 0.15) is 5.56 Å². The van der Waals surface area contributed by atoms with Gasteiger partial charge in [0.2, 0.25) is 0 Å². The Balaban J connectivity index is 2.37. The Morgan fingerprint density at radius 1 is 1.43 bits per heavy atom. The van der Waals surface area contributed by atoms with Crippen LogP contribution in [0, 0.1) is 0 Å². The molecule has 4 heteroatoms. The monoisotopic (exact) mass is 188 g/mol. The van der Waals surface area contributed by atoms with E-state index in [1.807, 2.05) is 31.4 Å². The minimum atomic E-state index is 0.794. The predicted molar refractivity (Wildman–Crippen MR) is 54.6 cm³/mol. The number of aromatic nitrogens is 3. The molecule has 0 bridgehead atoms. The summed E-state index contributed by atoms with van der Waals surface area (Å²) in [5, 5.41) is 10.1. The molecule has 0 fully saturated rings. The molecule has 2 aromatic heterocycles. The lowest BCUT2D eigenvalue weighted by Crippen LogP contribution is -2.05. The van der Waals surface area contributed by atoms with E-state index in [0.717, 1.165) is 23.5 Å². The first-order valence-corrected chi connectivity index (χ1v) is 4.50. The highest BCUT2D eigenvalue weighted by Crippen LogP contribution is 2.17. The van der Waals surface area contributed by atoms with Crippen molar-refractivity contribution >= 4 is 0 Å². The van der Waals surface area contributed by atoms with Crippen molar-refractivity contribution in [1.82, 2.24) is 20.5 Å². The van der Waals surface area contributed by atoms with E-state index in [-0.39, 0.29) is 0 Å². The van der Waals surface area contributed by atoms with Crippen molar-refractivity contribution in [3.05, 3.63) is 36.2 Å². The average molecular weight is 188 g/mol. The maximum absolute atomic E-state index is 4.27. The highest BCUT2D eigenvalue weighted by molar-refractivity contribution is 5.57. The fourth-order valence-electron chi connectivity index (χ4n) is 1.37. The minimum absolute atomic E-state index is 0.794. The third-order valence-electron chi connectivity index (χ3n) is 2.01. The number of rotatable bonds is 3. The summed E-state index contributed by atoms with van der Waals surface area (Å²) in [6.07, 6.45) is 3.60. The summed E-state index contributed by atoms with van der Waals surface area (Å²) < 4.78 is 0. The Morgan fingerprint density at radius 2 is 2.36 bits per heavy atom. The van der Waals surface area contributed by atoms with Crippen LogP contribution in [0.15, 0.2) is 30.6 Å². The fraction of sp³-hybridized carbons (Fsp3) is 0.200. The zero-order valence-corrected chi connectivity index (χ0v) is 7.99. The molecule has 0 aliphatic heterocycles. The molecule has 72 valence electrons. The molecule has 14 heavy (non-hydrogen) atoms. The van der Waals surface area contributed by atoms with E-state index in [0.29, 0.717) is 0 Å². The summed E-state index contributed by atoms with van der Waals surface area (Å²) in [5.41, 5.74) is 3.04. The molecule has 2 heterocycles. The molecule has 0 aliphatic rings. The zero-order chi connectivity index (χ0) is 9.80. The Labute approximate surface area is 82.4 Å². The van der Waals surface area contributed by atoms with Crippen molar-refractivity contribution in [3.8, 4) is 11.4 Å². The molecular formula is C10H12N4. The lowest BCUT2D eigenvalue weighted by Gasteiger charge is -2.00. The van der Waals surface area contributed by atoms with Gasteiger partial charge in [-0.3, -0.25) is 10.1 Å². The molecule has 0 spiro atoms. The number of nitrogens with zero attached hydrogens (tertiary/aromatic N) is 2. The Kier molecular flexibility index (Phi) is 2.55.